The van der Waals surface area contributed by atoms with E-state index in [0.29, 0.717) is 0 Å². The van der Waals surface area contributed by atoms with Crippen molar-refractivity contribution in [2.45, 2.75) is 26.7 Å². The number of hydrogen-bond acceptors (Lipinski definition) is 3. The van der Waals surface area contributed by atoms with E-state index >= 15 is 0 Å². The van der Waals surface area contributed by atoms with Gasteiger partial charge in [0.2, 0.25) is 0 Å². The van der Waals surface area contributed by atoms with E-state index in [2.05, 4.69) is 18.7 Å². The van der Waals surface area contributed by atoms with E-state index in [4.69, 9.17) is 0 Å². The first kappa shape index (κ1) is 16.6. The Bertz CT molecular complexity index is 599. The monoisotopic (exact) mass is 315 g/mol. The van der Waals surface area contributed by atoms with Crippen LogP contribution in [0.2, 0.25) is 0 Å². The van der Waals surface area contributed by atoms with E-state index in [1.807, 2.05) is 19.2 Å². The van der Waals surface area contributed by atoms with Crippen molar-refractivity contribution >= 4 is 16.5 Å². The van der Waals surface area contributed by atoms with Crippen LogP contribution in [0.3, 0.4) is 0 Å². The van der Waals surface area contributed by atoms with Crippen molar-refractivity contribution in [3.05, 3.63) is 29.8 Å². The molecule has 0 amide bonds. The fourth-order valence-corrected chi connectivity index (χ4v) is 2.34. The van der Waals surface area contributed by atoms with Gasteiger partial charge in [-0.05, 0) is 41.8 Å². The molecule has 0 N–H and O–H groups in total. The van der Waals surface area contributed by atoms with Crippen LogP contribution in [-0.4, -0.2) is 13.6 Å². The molecule has 2 aromatic rings. The van der Waals surface area contributed by atoms with Gasteiger partial charge in [-0.3, -0.25) is 0 Å². The molecule has 0 bridgehead atoms. The summed E-state index contributed by atoms with van der Waals surface area (Å²) in [6.45, 7) is 5.14. The molecular formula is C16H19NNiO2. The summed E-state index contributed by atoms with van der Waals surface area (Å²) in [5, 5.41) is 24.6. The van der Waals surface area contributed by atoms with Crippen LogP contribution in [0.25, 0.3) is 10.8 Å². The van der Waals surface area contributed by atoms with E-state index in [1.54, 1.807) is 0 Å². The van der Waals surface area contributed by atoms with Crippen molar-refractivity contribution in [3.63, 3.8) is 0 Å². The van der Waals surface area contributed by atoms with E-state index in [9.17, 15) is 10.2 Å². The number of fused-ring (bicyclic) bond motifs is 1. The predicted molar refractivity (Wildman–Crippen MR) is 75.8 cm³/mol. The van der Waals surface area contributed by atoms with Gasteiger partial charge in [0, 0.05) is 19.3 Å². The summed E-state index contributed by atoms with van der Waals surface area (Å²) >= 11 is 0. The molecule has 0 atom stereocenters. The van der Waals surface area contributed by atoms with Gasteiger partial charge in [0.05, 0.1) is 0 Å². The largest absolute Gasteiger partial charge is 2.00 e. The predicted octanol–water partition coefficient (Wildman–Crippen LogP) is 2.39. The molecule has 0 radical (unpaired) electrons. The summed E-state index contributed by atoms with van der Waals surface area (Å²) in [6, 6.07) is 6.96. The van der Waals surface area contributed by atoms with Gasteiger partial charge in [0.25, 0.3) is 0 Å². The fourth-order valence-electron chi connectivity index (χ4n) is 2.34. The van der Waals surface area contributed by atoms with Crippen LogP contribution in [0.15, 0.2) is 24.3 Å². The summed E-state index contributed by atoms with van der Waals surface area (Å²) in [5.74, 6) is -0.854. The van der Waals surface area contributed by atoms with Crippen LogP contribution in [0.5, 0.6) is 11.5 Å². The van der Waals surface area contributed by atoms with Crippen LogP contribution < -0.4 is 15.1 Å². The summed E-state index contributed by atoms with van der Waals surface area (Å²) < 4.78 is 0. The van der Waals surface area contributed by atoms with Gasteiger partial charge in [-0.1, -0.05) is 25.5 Å². The Morgan fingerprint density at radius 1 is 0.950 bits per heavy atom. The fraction of sp³-hybridized carbons (Fsp3) is 0.375. The maximum absolute atomic E-state index is 11.5. The minimum Gasteiger partial charge on any atom is -0.873 e. The number of anilines is 1. The third kappa shape index (κ3) is 3.18. The average molecular weight is 316 g/mol. The molecule has 3 nitrogen and oxygen atoms in total. The molecule has 0 heterocycles. The molecule has 0 saturated heterocycles. The van der Waals surface area contributed by atoms with E-state index in [-0.39, 0.29) is 16.5 Å². The molecular weight excluding hydrogens is 297 g/mol. The molecule has 2 rings (SSSR count). The zero-order chi connectivity index (χ0) is 14.0. The Morgan fingerprint density at radius 3 is 2.00 bits per heavy atom. The number of nitrogens with zero attached hydrogens (tertiary/aromatic N) is 1. The van der Waals surface area contributed by atoms with Crippen molar-refractivity contribution in [1.29, 1.82) is 0 Å². The normalized spacial score (nSPS) is 10.3. The smallest absolute Gasteiger partial charge is 0.873 e. The van der Waals surface area contributed by atoms with Crippen LogP contribution in [0.4, 0.5) is 5.69 Å². The minimum atomic E-state index is -0.430. The van der Waals surface area contributed by atoms with Crippen LogP contribution in [-0.2, 0) is 22.9 Å². The summed E-state index contributed by atoms with van der Waals surface area (Å²) in [7, 11) is 2.04. The first-order valence-electron chi connectivity index (χ1n) is 6.72. The van der Waals surface area contributed by atoms with E-state index in [0.717, 1.165) is 35.8 Å². The molecule has 0 spiro atoms. The molecule has 0 aliphatic heterocycles. The van der Waals surface area contributed by atoms with Gasteiger partial charge in [0.15, 0.2) is 0 Å². The van der Waals surface area contributed by atoms with Gasteiger partial charge >= 0.3 is 16.5 Å². The molecule has 0 aliphatic rings. The quantitative estimate of drug-likeness (QED) is 0.814. The Hall–Kier alpha value is -1.41. The van der Waals surface area contributed by atoms with Crippen molar-refractivity contribution in [2.24, 2.45) is 0 Å². The van der Waals surface area contributed by atoms with Crippen molar-refractivity contribution in [3.8, 4) is 11.5 Å². The SMILES string of the molecule is CCCc1cc2cc([O-])c([O-])cc2cc1N(C)CC.[Ni+2]. The standard InChI is InChI=1S/C16H21NO2.Ni/c1-4-6-11-7-12-9-15(18)16(19)10-13(12)8-14(11)17(3)5-2;/h7-10,18-19H,4-6H2,1-3H3;/q;+2/p-2. The molecule has 0 unspecified atom stereocenters. The van der Waals surface area contributed by atoms with Crippen molar-refractivity contribution in [2.75, 3.05) is 18.5 Å². The second kappa shape index (κ2) is 6.85. The van der Waals surface area contributed by atoms with Crippen LogP contribution >= 0.6 is 0 Å². The Morgan fingerprint density at radius 2 is 1.50 bits per heavy atom. The zero-order valence-corrected chi connectivity index (χ0v) is 13.0. The first-order chi connectivity index (χ1) is 9.06. The second-order valence-electron chi connectivity index (χ2n) is 4.89. The van der Waals surface area contributed by atoms with Gasteiger partial charge in [-0.2, -0.15) is 0 Å². The maximum Gasteiger partial charge on any atom is 2.00 e. The first-order valence-corrected chi connectivity index (χ1v) is 6.72. The second-order valence-corrected chi connectivity index (χ2v) is 4.89. The number of hydrogen-bond donors (Lipinski definition) is 0. The summed E-state index contributed by atoms with van der Waals surface area (Å²) in [6.07, 6.45) is 2.03. The van der Waals surface area contributed by atoms with Gasteiger partial charge in [0.1, 0.15) is 0 Å². The average Bonchev–Trinajstić information content (AvgIpc) is 2.39. The third-order valence-electron chi connectivity index (χ3n) is 3.51. The van der Waals surface area contributed by atoms with Crippen molar-refractivity contribution in [1.82, 2.24) is 0 Å². The van der Waals surface area contributed by atoms with Crippen molar-refractivity contribution < 1.29 is 26.7 Å². The number of benzene rings is 2. The zero-order valence-electron chi connectivity index (χ0n) is 12.0. The summed E-state index contributed by atoms with van der Waals surface area (Å²) in [4.78, 5) is 2.17. The van der Waals surface area contributed by atoms with Gasteiger partial charge < -0.3 is 15.1 Å². The molecule has 4 heteroatoms. The van der Waals surface area contributed by atoms with Gasteiger partial charge in [-0.25, -0.2) is 0 Å². The molecule has 2 aromatic carbocycles. The molecule has 0 aliphatic carbocycles. The number of rotatable bonds is 4. The van der Waals surface area contributed by atoms with Crippen LogP contribution in [0.1, 0.15) is 25.8 Å². The van der Waals surface area contributed by atoms with E-state index < -0.39 is 11.5 Å². The van der Waals surface area contributed by atoms with Gasteiger partial charge in [-0.15, -0.1) is 11.5 Å². The third-order valence-corrected chi connectivity index (χ3v) is 3.51. The Balaban J connectivity index is 0.00000200. The Labute approximate surface area is 130 Å². The van der Waals surface area contributed by atoms with Crippen LogP contribution in [0, 0.1) is 0 Å². The minimum absolute atomic E-state index is 0. The molecule has 20 heavy (non-hydrogen) atoms. The number of aryl methyl sites for hydroxylation is 1. The summed E-state index contributed by atoms with van der Waals surface area (Å²) in [5.41, 5.74) is 2.38. The topological polar surface area (TPSA) is 49.4 Å². The molecule has 110 valence electrons. The molecule has 0 aromatic heterocycles. The maximum atomic E-state index is 11.5. The molecule has 0 saturated carbocycles. The van der Waals surface area contributed by atoms with E-state index in [1.165, 1.54) is 17.7 Å². The molecule has 0 fully saturated rings. The Kier molecular flexibility index (Phi) is 5.70.